The van der Waals surface area contributed by atoms with Crippen LogP contribution in [0.3, 0.4) is 0 Å². The highest BCUT2D eigenvalue weighted by Crippen LogP contribution is 2.38. The Kier molecular flexibility index (Phi) is 9.92. The van der Waals surface area contributed by atoms with Crippen molar-refractivity contribution in [2.24, 2.45) is 0 Å². The molecule has 4 rings (SSSR count). The summed E-state index contributed by atoms with van der Waals surface area (Å²) < 4.78 is 17.8. The molecule has 0 aromatic heterocycles. The van der Waals surface area contributed by atoms with Crippen molar-refractivity contribution in [1.29, 1.82) is 0 Å². The fraction of sp³-hybridized carbons (Fsp3) is 0.233. The van der Waals surface area contributed by atoms with Crippen LogP contribution in [0.5, 0.6) is 17.2 Å². The number of barbiturate groups is 1. The number of nitrogens with one attached hydrogen (secondary N) is 1. The zero-order valence-electron chi connectivity index (χ0n) is 22.9. The van der Waals surface area contributed by atoms with Gasteiger partial charge in [-0.3, -0.25) is 25.0 Å². The van der Waals surface area contributed by atoms with Gasteiger partial charge in [-0.1, -0.05) is 25.5 Å². The van der Waals surface area contributed by atoms with E-state index in [0.29, 0.717) is 46.1 Å². The summed E-state index contributed by atoms with van der Waals surface area (Å²) in [5.74, 6) is -0.364. The number of ether oxygens (including phenoxy) is 3. The molecular weight excluding hydrogens is 610 g/mol. The van der Waals surface area contributed by atoms with Crippen LogP contribution in [0.1, 0.15) is 37.8 Å². The van der Waals surface area contributed by atoms with E-state index < -0.39 is 22.8 Å². The van der Waals surface area contributed by atoms with E-state index in [1.54, 1.807) is 55.5 Å². The van der Waals surface area contributed by atoms with Gasteiger partial charge < -0.3 is 14.2 Å². The monoisotopic (exact) mass is 637 g/mol. The molecule has 0 spiro atoms. The van der Waals surface area contributed by atoms with Crippen molar-refractivity contribution in [1.82, 2.24) is 5.32 Å². The molecular formula is C30H28BrN3O8. The molecule has 0 atom stereocenters. The quantitative estimate of drug-likeness (QED) is 0.0817. The third-order valence-corrected chi connectivity index (χ3v) is 6.70. The smallest absolute Gasteiger partial charge is 0.335 e. The maximum atomic E-state index is 13.4. The Balaban J connectivity index is 1.59. The molecule has 11 nitrogen and oxygen atoms in total. The predicted molar refractivity (Wildman–Crippen MR) is 159 cm³/mol. The van der Waals surface area contributed by atoms with Gasteiger partial charge in [0, 0.05) is 12.1 Å². The topological polar surface area (TPSA) is 137 Å². The standard InChI is InChI=1S/C30H28BrN3O8/c1-3-5-13-41-23-11-9-21(10-12-23)33-29(36)24(28(35)32-30(33)37)15-20-16-25(31)27(26(17-20)40-4-2)42-18-19-7-6-8-22(14-19)34(38)39/h6-12,14-17H,3-5,13,18H2,1-2H3,(H,32,35,37)/b24-15-. The number of hydrogen-bond donors (Lipinski definition) is 1. The third kappa shape index (κ3) is 7.13. The van der Waals surface area contributed by atoms with Crippen molar-refractivity contribution >= 4 is 51.2 Å². The number of benzene rings is 3. The molecule has 4 amide bonds. The highest BCUT2D eigenvalue weighted by Gasteiger charge is 2.37. The molecule has 1 aliphatic rings. The SMILES string of the molecule is CCCCOc1ccc(N2C(=O)NC(=O)/C(=C/c3cc(Br)c(OCc4cccc([N+](=O)[O-])c4)c(OCC)c3)C2=O)cc1. The lowest BCUT2D eigenvalue weighted by atomic mass is 10.1. The summed E-state index contributed by atoms with van der Waals surface area (Å²) in [6, 6.07) is 14.9. The molecule has 0 unspecified atom stereocenters. The molecule has 218 valence electrons. The molecule has 0 radical (unpaired) electrons. The second kappa shape index (κ2) is 13.8. The second-order valence-electron chi connectivity index (χ2n) is 9.13. The number of halogens is 1. The summed E-state index contributed by atoms with van der Waals surface area (Å²) in [5, 5.41) is 13.3. The van der Waals surface area contributed by atoms with Crippen LogP contribution in [0.2, 0.25) is 0 Å². The molecule has 42 heavy (non-hydrogen) atoms. The molecule has 0 aliphatic carbocycles. The van der Waals surface area contributed by atoms with Crippen LogP contribution < -0.4 is 24.4 Å². The van der Waals surface area contributed by atoms with Crippen LogP contribution >= 0.6 is 15.9 Å². The van der Waals surface area contributed by atoms with Crippen LogP contribution in [-0.2, 0) is 16.2 Å². The Morgan fingerprint density at radius 3 is 2.45 bits per heavy atom. The van der Waals surface area contributed by atoms with Gasteiger partial charge in [-0.15, -0.1) is 0 Å². The van der Waals surface area contributed by atoms with E-state index in [0.717, 1.165) is 17.7 Å². The lowest BCUT2D eigenvalue weighted by molar-refractivity contribution is -0.384. The molecule has 1 fully saturated rings. The molecule has 0 bridgehead atoms. The number of hydrogen-bond acceptors (Lipinski definition) is 8. The number of nitro benzene ring substituents is 1. The number of amides is 4. The number of nitro groups is 1. The van der Waals surface area contributed by atoms with Crippen LogP contribution in [0.15, 0.2) is 70.7 Å². The average molecular weight is 638 g/mol. The summed E-state index contributed by atoms with van der Waals surface area (Å²) in [4.78, 5) is 50.2. The number of unbranched alkanes of at least 4 members (excludes halogenated alkanes) is 1. The molecule has 1 saturated heterocycles. The predicted octanol–water partition coefficient (Wildman–Crippen LogP) is 6.18. The first-order chi connectivity index (χ1) is 20.2. The summed E-state index contributed by atoms with van der Waals surface area (Å²) >= 11 is 3.46. The van der Waals surface area contributed by atoms with Crippen LogP contribution in [0.4, 0.5) is 16.2 Å². The highest BCUT2D eigenvalue weighted by molar-refractivity contribution is 9.10. The summed E-state index contributed by atoms with van der Waals surface area (Å²) in [6.07, 6.45) is 3.25. The van der Waals surface area contributed by atoms with E-state index in [9.17, 15) is 24.5 Å². The molecule has 3 aromatic rings. The van der Waals surface area contributed by atoms with Gasteiger partial charge in [0.05, 0.1) is 28.3 Å². The van der Waals surface area contributed by atoms with Gasteiger partial charge in [0.2, 0.25) is 0 Å². The van der Waals surface area contributed by atoms with E-state index in [1.807, 2.05) is 0 Å². The Labute approximate surface area is 250 Å². The minimum atomic E-state index is -0.858. The number of carbonyl (C=O) groups is 3. The molecule has 1 N–H and O–H groups in total. The Bertz CT molecular complexity index is 1540. The Morgan fingerprint density at radius 2 is 1.76 bits per heavy atom. The van der Waals surface area contributed by atoms with Gasteiger partial charge in [0.1, 0.15) is 17.9 Å². The number of rotatable bonds is 12. The lowest BCUT2D eigenvalue weighted by Crippen LogP contribution is -2.54. The first kappa shape index (κ1) is 30.3. The van der Waals surface area contributed by atoms with Crippen LogP contribution in [0, 0.1) is 10.1 Å². The van der Waals surface area contributed by atoms with Gasteiger partial charge in [-0.2, -0.15) is 0 Å². The average Bonchev–Trinajstić information content (AvgIpc) is 2.96. The van der Waals surface area contributed by atoms with E-state index in [4.69, 9.17) is 14.2 Å². The fourth-order valence-electron chi connectivity index (χ4n) is 4.07. The van der Waals surface area contributed by atoms with Gasteiger partial charge in [-0.05, 0) is 82.9 Å². The maximum absolute atomic E-state index is 13.4. The van der Waals surface area contributed by atoms with Crippen molar-refractivity contribution in [2.45, 2.75) is 33.3 Å². The van der Waals surface area contributed by atoms with Crippen molar-refractivity contribution in [3.8, 4) is 17.2 Å². The van der Waals surface area contributed by atoms with Gasteiger partial charge >= 0.3 is 6.03 Å². The Hall–Kier alpha value is -4.71. The highest BCUT2D eigenvalue weighted by atomic mass is 79.9. The Morgan fingerprint density at radius 1 is 1.00 bits per heavy atom. The van der Waals surface area contributed by atoms with E-state index in [-0.39, 0.29) is 23.6 Å². The summed E-state index contributed by atoms with van der Waals surface area (Å²) in [6.45, 7) is 4.71. The van der Waals surface area contributed by atoms with Crippen LogP contribution in [0.25, 0.3) is 6.08 Å². The zero-order chi connectivity index (χ0) is 30.2. The number of nitrogens with zero attached hydrogens (tertiary/aromatic N) is 2. The van der Waals surface area contributed by atoms with Crippen LogP contribution in [-0.4, -0.2) is 36.0 Å². The normalized spacial score (nSPS) is 14.1. The van der Waals surface area contributed by atoms with E-state index in [1.165, 1.54) is 18.2 Å². The number of urea groups is 1. The third-order valence-electron chi connectivity index (χ3n) is 6.11. The molecule has 1 aliphatic heterocycles. The van der Waals surface area contributed by atoms with Gasteiger partial charge in [-0.25, -0.2) is 9.69 Å². The van der Waals surface area contributed by atoms with Crippen molar-refractivity contribution in [3.05, 3.63) is 92.0 Å². The first-order valence-corrected chi connectivity index (χ1v) is 14.0. The first-order valence-electron chi connectivity index (χ1n) is 13.2. The largest absolute Gasteiger partial charge is 0.494 e. The van der Waals surface area contributed by atoms with Crippen molar-refractivity contribution in [2.75, 3.05) is 18.1 Å². The van der Waals surface area contributed by atoms with E-state index >= 15 is 0 Å². The van der Waals surface area contributed by atoms with Crippen molar-refractivity contribution in [3.63, 3.8) is 0 Å². The van der Waals surface area contributed by atoms with E-state index in [2.05, 4.69) is 28.2 Å². The minimum Gasteiger partial charge on any atom is -0.494 e. The number of anilines is 1. The van der Waals surface area contributed by atoms with Gasteiger partial charge in [0.25, 0.3) is 17.5 Å². The lowest BCUT2D eigenvalue weighted by Gasteiger charge is -2.26. The number of non-ortho nitro benzene ring substituents is 1. The summed E-state index contributed by atoms with van der Waals surface area (Å²) in [5.41, 5.74) is 0.985. The minimum absolute atomic E-state index is 0.0290. The van der Waals surface area contributed by atoms with Crippen molar-refractivity contribution < 1.29 is 33.5 Å². The fourth-order valence-corrected chi connectivity index (χ4v) is 4.65. The molecule has 1 heterocycles. The van der Waals surface area contributed by atoms with Gasteiger partial charge in [0.15, 0.2) is 11.5 Å². The molecule has 3 aromatic carbocycles. The summed E-state index contributed by atoms with van der Waals surface area (Å²) in [7, 11) is 0. The number of imide groups is 2. The second-order valence-corrected chi connectivity index (χ2v) is 9.99. The number of carbonyl (C=O) groups excluding carboxylic acids is 3. The molecule has 0 saturated carbocycles. The zero-order valence-corrected chi connectivity index (χ0v) is 24.5. The maximum Gasteiger partial charge on any atom is 0.335 e. The molecule has 12 heteroatoms.